The molecule has 122 valence electrons. The number of likely N-dealkylation sites (tertiary alicyclic amines) is 1. The van der Waals surface area contributed by atoms with Crippen molar-refractivity contribution in [3.8, 4) is 0 Å². The molecule has 1 aliphatic heterocycles. The van der Waals surface area contributed by atoms with E-state index in [9.17, 15) is 9.59 Å². The molecule has 0 radical (unpaired) electrons. The van der Waals surface area contributed by atoms with Crippen molar-refractivity contribution in [2.75, 3.05) is 32.8 Å². The van der Waals surface area contributed by atoms with E-state index in [0.717, 1.165) is 25.7 Å². The molecule has 2 amide bonds. The molecule has 6 nitrogen and oxygen atoms in total. The van der Waals surface area contributed by atoms with Crippen molar-refractivity contribution in [3.63, 3.8) is 0 Å². The van der Waals surface area contributed by atoms with Crippen LogP contribution in [-0.4, -0.2) is 54.6 Å². The predicted molar refractivity (Wildman–Crippen MR) is 81.5 cm³/mol. The summed E-state index contributed by atoms with van der Waals surface area (Å²) in [5, 5.41) is 11.5. The number of hydrogen-bond acceptors (Lipinski definition) is 4. The molecule has 1 atom stereocenters. The number of nitrogens with zero attached hydrogens (tertiary/aromatic N) is 1. The highest BCUT2D eigenvalue weighted by Gasteiger charge is 2.28. The van der Waals surface area contributed by atoms with Crippen LogP contribution in [0.1, 0.15) is 39.0 Å². The maximum absolute atomic E-state index is 12.2. The fraction of sp³-hybridized carbons (Fsp3) is 0.867. The van der Waals surface area contributed by atoms with Crippen molar-refractivity contribution in [1.29, 1.82) is 0 Å². The van der Waals surface area contributed by atoms with E-state index in [2.05, 4.69) is 5.32 Å². The minimum absolute atomic E-state index is 0.00732. The van der Waals surface area contributed by atoms with Crippen LogP contribution >= 0.6 is 0 Å². The highest BCUT2D eigenvalue weighted by molar-refractivity contribution is 5.80. The van der Waals surface area contributed by atoms with Crippen LogP contribution in [0.3, 0.4) is 0 Å². The summed E-state index contributed by atoms with van der Waals surface area (Å²) in [7, 11) is 0. The van der Waals surface area contributed by atoms with Crippen LogP contribution in [0.5, 0.6) is 0 Å². The maximum Gasteiger partial charge on any atom is 0.225 e. The third-order valence-electron chi connectivity index (χ3n) is 4.07. The first-order valence-electron chi connectivity index (χ1n) is 7.97. The van der Waals surface area contributed by atoms with E-state index >= 15 is 0 Å². The summed E-state index contributed by atoms with van der Waals surface area (Å²) in [5.74, 6) is 0.241. The lowest BCUT2D eigenvalue weighted by Crippen LogP contribution is -2.44. The molecule has 0 aromatic carbocycles. The van der Waals surface area contributed by atoms with Gasteiger partial charge in [0.15, 0.2) is 0 Å². The van der Waals surface area contributed by atoms with Gasteiger partial charge in [-0.2, -0.15) is 0 Å². The van der Waals surface area contributed by atoms with Crippen LogP contribution in [0.15, 0.2) is 0 Å². The molecule has 1 heterocycles. The van der Waals surface area contributed by atoms with Gasteiger partial charge in [0.05, 0.1) is 0 Å². The molecule has 0 aliphatic carbocycles. The highest BCUT2D eigenvalue weighted by atomic mass is 16.3. The van der Waals surface area contributed by atoms with E-state index in [-0.39, 0.29) is 30.3 Å². The molecule has 1 aliphatic rings. The molecule has 1 fully saturated rings. The average Bonchev–Trinajstić information content (AvgIpc) is 2.52. The largest absolute Gasteiger partial charge is 0.396 e. The third kappa shape index (κ3) is 6.01. The zero-order valence-corrected chi connectivity index (χ0v) is 13.0. The molecule has 21 heavy (non-hydrogen) atoms. The van der Waals surface area contributed by atoms with E-state index in [1.165, 1.54) is 0 Å². The van der Waals surface area contributed by atoms with Crippen LogP contribution in [0, 0.1) is 11.8 Å². The number of hydrogen-bond donors (Lipinski definition) is 3. The molecule has 6 heteroatoms. The molecule has 1 rings (SSSR count). The van der Waals surface area contributed by atoms with E-state index < -0.39 is 0 Å². The number of aliphatic hydroxyl groups is 1. The number of carbonyl (C=O) groups excluding carboxylic acids is 2. The Hall–Kier alpha value is -1.14. The predicted octanol–water partition coefficient (Wildman–Crippen LogP) is 0.0986. The number of nitrogens with one attached hydrogen (secondary N) is 1. The van der Waals surface area contributed by atoms with Crippen molar-refractivity contribution < 1.29 is 14.7 Å². The molecule has 1 unspecified atom stereocenters. The van der Waals surface area contributed by atoms with E-state index in [0.29, 0.717) is 32.6 Å². The van der Waals surface area contributed by atoms with Crippen LogP contribution in [0.4, 0.5) is 0 Å². The number of rotatable bonds is 8. The summed E-state index contributed by atoms with van der Waals surface area (Å²) in [6.45, 7) is 4.49. The summed E-state index contributed by atoms with van der Waals surface area (Å²) in [5.41, 5.74) is 5.47. The fourth-order valence-corrected chi connectivity index (χ4v) is 2.66. The molecule has 1 saturated heterocycles. The topological polar surface area (TPSA) is 95.7 Å². The molecule has 0 aromatic rings. The monoisotopic (exact) mass is 299 g/mol. The van der Waals surface area contributed by atoms with Crippen LogP contribution < -0.4 is 11.1 Å². The minimum atomic E-state index is -0.00732. The number of aliphatic hydroxyl groups excluding tert-OH is 1. The Bertz CT molecular complexity index is 328. The van der Waals surface area contributed by atoms with Crippen molar-refractivity contribution in [2.45, 2.75) is 39.0 Å². The Labute approximate surface area is 127 Å². The lowest BCUT2D eigenvalue weighted by Gasteiger charge is -2.33. The van der Waals surface area contributed by atoms with Gasteiger partial charge in [0.25, 0.3) is 0 Å². The van der Waals surface area contributed by atoms with Gasteiger partial charge in [0.2, 0.25) is 11.8 Å². The van der Waals surface area contributed by atoms with E-state index in [4.69, 9.17) is 10.8 Å². The first-order chi connectivity index (χ1) is 10.1. The van der Waals surface area contributed by atoms with Gasteiger partial charge in [-0.25, -0.2) is 0 Å². The van der Waals surface area contributed by atoms with Crippen LogP contribution in [0.2, 0.25) is 0 Å². The second kappa shape index (κ2) is 9.73. The lowest BCUT2D eigenvalue weighted by atomic mass is 9.94. The zero-order valence-electron chi connectivity index (χ0n) is 13.0. The Morgan fingerprint density at radius 1 is 1.33 bits per heavy atom. The van der Waals surface area contributed by atoms with Gasteiger partial charge < -0.3 is 21.1 Å². The van der Waals surface area contributed by atoms with E-state index in [1.54, 1.807) is 0 Å². The molecule has 4 N–H and O–H groups in total. The second-order valence-corrected chi connectivity index (χ2v) is 5.80. The summed E-state index contributed by atoms with van der Waals surface area (Å²) in [6.07, 6.45) is 3.73. The first kappa shape index (κ1) is 17.9. The Kier molecular flexibility index (Phi) is 8.30. The van der Waals surface area contributed by atoms with Crippen molar-refractivity contribution in [3.05, 3.63) is 0 Å². The second-order valence-electron chi connectivity index (χ2n) is 5.80. The Morgan fingerprint density at radius 2 is 2.00 bits per heavy atom. The normalized spacial score (nSPS) is 17.6. The zero-order chi connectivity index (χ0) is 15.7. The fourth-order valence-electron chi connectivity index (χ4n) is 2.66. The number of carbonyl (C=O) groups is 2. The quantitative estimate of drug-likeness (QED) is 0.554. The standard InChI is InChI=1S/C15H29N3O3/c1-12(4-2-7-16)15(21)18-9-5-13(6-10-18)14(20)17-8-3-11-19/h12-13,19H,2-11,16H2,1H3,(H,17,20). The van der Waals surface area contributed by atoms with Crippen molar-refractivity contribution >= 4 is 11.8 Å². The van der Waals surface area contributed by atoms with Gasteiger partial charge in [0, 0.05) is 38.1 Å². The Morgan fingerprint density at radius 3 is 2.57 bits per heavy atom. The molecular weight excluding hydrogens is 270 g/mol. The molecular formula is C15H29N3O3. The summed E-state index contributed by atoms with van der Waals surface area (Å²) in [6, 6.07) is 0. The summed E-state index contributed by atoms with van der Waals surface area (Å²) in [4.78, 5) is 26.0. The van der Waals surface area contributed by atoms with E-state index in [1.807, 2.05) is 11.8 Å². The van der Waals surface area contributed by atoms with Gasteiger partial charge >= 0.3 is 0 Å². The van der Waals surface area contributed by atoms with Crippen LogP contribution in [-0.2, 0) is 9.59 Å². The molecule has 0 bridgehead atoms. The van der Waals surface area contributed by atoms with Gasteiger partial charge in [0.1, 0.15) is 0 Å². The maximum atomic E-state index is 12.2. The third-order valence-corrected chi connectivity index (χ3v) is 4.07. The summed E-state index contributed by atoms with van der Waals surface area (Å²) < 4.78 is 0. The average molecular weight is 299 g/mol. The van der Waals surface area contributed by atoms with Crippen molar-refractivity contribution in [1.82, 2.24) is 10.2 Å². The van der Waals surface area contributed by atoms with Gasteiger partial charge in [-0.3, -0.25) is 9.59 Å². The van der Waals surface area contributed by atoms with Gasteiger partial charge in [-0.05, 0) is 38.6 Å². The van der Waals surface area contributed by atoms with Crippen molar-refractivity contribution in [2.24, 2.45) is 17.6 Å². The SMILES string of the molecule is CC(CCCN)C(=O)N1CCC(C(=O)NCCCO)CC1. The highest BCUT2D eigenvalue weighted by Crippen LogP contribution is 2.20. The van der Waals surface area contributed by atoms with Crippen LogP contribution in [0.25, 0.3) is 0 Å². The number of piperidine rings is 1. The van der Waals surface area contributed by atoms with Gasteiger partial charge in [-0.1, -0.05) is 6.92 Å². The molecule has 0 aromatic heterocycles. The number of nitrogens with two attached hydrogens (primary N) is 1. The molecule has 0 saturated carbocycles. The Balaban J connectivity index is 2.31. The smallest absolute Gasteiger partial charge is 0.225 e. The number of amides is 2. The first-order valence-corrected chi connectivity index (χ1v) is 7.97. The lowest BCUT2D eigenvalue weighted by molar-refractivity contribution is -0.138. The van der Waals surface area contributed by atoms with Gasteiger partial charge in [-0.15, -0.1) is 0 Å². The minimum Gasteiger partial charge on any atom is -0.396 e. The molecule has 0 spiro atoms. The summed E-state index contributed by atoms with van der Waals surface area (Å²) >= 11 is 0.